The van der Waals surface area contributed by atoms with Crippen LogP contribution in [-0.2, 0) is 28.2 Å². The molecule has 5 aromatic rings. The molecule has 0 aliphatic heterocycles. The van der Waals surface area contributed by atoms with E-state index >= 15 is 0 Å². The molecule has 0 fully saturated rings. The number of hydrogen-bond donors (Lipinski definition) is 2. The van der Waals surface area contributed by atoms with Crippen molar-refractivity contribution in [1.29, 1.82) is 0 Å². The average Bonchev–Trinajstić information content (AvgIpc) is 3.68. The number of benzene rings is 2. The van der Waals surface area contributed by atoms with Crippen LogP contribution >= 0.6 is 11.3 Å². The number of hydrogen-bond acceptors (Lipinski definition) is 9. The standard InChI is InChI=1S/C35H41FN6O6S/c1-21(2)39-32(44)35(6,7)41-29(43)28-22(3)30(42-37-15-16-38-42)49-31(28)40(33(41)45)18-27(48-20-34(4,5)46)25-17-24(36)13-14-26(25)47-19-23-11-9-8-10-12-23/h8-17,21,27,46H,18-20H2,1-7H3,(H,39,44)/t27-/m0/s1. The van der Waals surface area contributed by atoms with Gasteiger partial charge in [0.2, 0.25) is 5.91 Å². The zero-order valence-electron chi connectivity index (χ0n) is 28.6. The molecular weight excluding hydrogens is 651 g/mol. The molecule has 0 bridgehead atoms. The van der Waals surface area contributed by atoms with Crippen molar-refractivity contribution in [3.05, 3.63) is 104 Å². The normalized spacial score (nSPS) is 12.9. The minimum atomic E-state index is -1.61. The highest BCUT2D eigenvalue weighted by atomic mass is 32.1. The van der Waals surface area contributed by atoms with Crippen molar-refractivity contribution in [2.24, 2.45) is 0 Å². The fourth-order valence-electron chi connectivity index (χ4n) is 5.39. The van der Waals surface area contributed by atoms with Gasteiger partial charge in [0.25, 0.3) is 5.56 Å². The van der Waals surface area contributed by atoms with Crippen LogP contribution in [-0.4, -0.2) is 53.4 Å². The fourth-order valence-corrected chi connectivity index (χ4v) is 6.61. The van der Waals surface area contributed by atoms with Gasteiger partial charge in [0.05, 0.1) is 36.5 Å². The number of halogens is 1. The molecular formula is C35H41FN6O6S. The molecule has 0 saturated carbocycles. The molecule has 0 saturated heterocycles. The number of carbonyl (C=O) groups is 1. The second-order valence-electron chi connectivity index (χ2n) is 13.3. The average molecular weight is 693 g/mol. The number of thiophene rings is 1. The summed E-state index contributed by atoms with van der Waals surface area (Å²) >= 11 is 1.13. The summed E-state index contributed by atoms with van der Waals surface area (Å²) in [6.45, 7) is 11.2. The molecule has 0 spiro atoms. The van der Waals surface area contributed by atoms with Crippen molar-refractivity contribution in [2.75, 3.05) is 6.61 Å². The molecule has 260 valence electrons. The Hall–Kier alpha value is -4.66. The molecule has 2 N–H and O–H groups in total. The van der Waals surface area contributed by atoms with E-state index in [1.807, 2.05) is 30.3 Å². The van der Waals surface area contributed by atoms with Crippen LogP contribution in [0.3, 0.4) is 0 Å². The molecule has 0 unspecified atom stereocenters. The van der Waals surface area contributed by atoms with Crippen LogP contribution in [0.4, 0.5) is 4.39 Å². The third-order valence-electron chi connectivity index (χ3n) is 7.86. The topological polar surface area (TPSA) is 142 Å². The first-order valence-corrected chi connectivity index (χ1v) is 16.7. The predicted molar refractivity (Wildman–Crippen MR) is 185 cm³/mol. The summed E-state index contributed by atoms with van der Waals surface area (Å²) in [6.07, 6.45) is 1.94. The number of aryl methyl sites for hydroxylation is 1. The van der Waals surface area contributed by atoms with Gasteiger partial charge >= 0.3 is 5.69 Å². The second kappa shape index (κ2) is 14.1. The highest BCUT2D eigenvalue weighted by molar-refractivity contribution is 7.21. The van der Waals surface area contributed by atoms with E-state index in [0.717, 1.165) is 21.5 Å². The quantitative estimate of drug-likeness (QED) is 0.182. The molecule has 12 nitrogen and oxygen atoms in total. The molecule has 14 heteroatoms. The van der Waals surface area contributed by atoms with Crippen LogP contribution < -0.4 is 21.3 Å². The van der Waals surface area contributed by atoms with Gasteiger partial charge in [-0.2, -0.15) is 10.2 Å². The van der Waals surface area contributed by atoms with Crippen LogP contribution in [0.15, 0.2) is 70.5 Å². The Morgan fingerprint density at radius 2 is 1.73 bits per heavy atom. The van der Waals surface area contributed by atoms with Crippen molar-refractivity contribution < 1.29 is 23.8 Å². The summed E-state index contributed by atoms with van der Waals surface area (Å²) < 4.78 is 29.7. The lowest BCUT2D eigenvalue weighted by Gasteiger charge is -2.29. The van der Waals surface area contributed by atoms with Crippen LogP contribution in [0.2, 0.25) is 0 Å². The molecule has 1 atom stereocenters. The lowest BCUT2D eigenvalue weighted by Crippen LogP contribution is -2.56. The third-order valence-corrected chi connectivity index (χ3v) is 9.14. The minimum absolute atomic E-state index is 0.177. The molecule has 1 amide bonds. The largest absolute Gasteiger partial charge is 0.489 e. The molecule has 3 aromatic heterocycles. The summed E-state index contributed by atoms with van der Waals surface area (Å²) in [5, 5.41) is 22.6. The van der Waals surface area contributed by atoms with Crippen LogP contribution in [0, 0.1) is 12.7 Å². The summed E-state index contributed by atoms with van der Waals surface area (Å²) in [5.74, 6) is -0.776. The first kappa shape index (κ1) is 35.6. The maximum Gasteiger partial charge on any atom is 0.333 e. The van der Waals surface area contributed by atoms with Gasteiger partial charge in [-0.05, 0) is 72.2 Å². The van der Waals surface area contributed by atoms with Crippen LogP contribution in [0.5, 0.6) is 5.75 Å². The van der Waals surface area contributed by atoms with Gasteiger partial charge < -0.3 is 19.9 Å². The lowest BCUT2D eigenvalue weighted by molar-refractivity contribution is -0.129. The van der Waals surface area contributed by atoms with Gasteiger partial charge in [-0.3, -0.25) is 14.2 Å². The number of nitrogens with one attached hydrogen (secondary N) is 1. The van der Waals surface area contributed by atoms with Crippen molar-refractivity contribution >= 4 is 27.5 Å². The van der Waals surface area contributed by atoms with Crippen molar-refractivity contribution in [3.63, 3.8) is 0 Å². The molecule has 3 heterocycles. The Balaban J connectivity index is 1.73. The van der Waals surface area contributed by atoms with E-state index in [1.165, 1.54) is 53.8 Å². The number of carbonyl (C=O) groups excluding carboxylic acids is 1. The van der Waals surface area contributed by atoms with Gasteiger partial charge in [-0.25, -0.2) is 13.8 Å². The maximum atomic E-state index is 15.0. The van der Waals surface area contributed by atoms with Gasteiger partial charge in [0, 0.05) is 17.2 Å². The van der Waals surface area contributed by atoms with Crippen molar-refractivity contribution in [2.45, 2.75) is 84.9 Å². The number of amides is 1. The zero-order chi connectivity index (χ0) is 35.7. The predicted octanol–water partition coefficient (Wildman–Crippen LogP) is 4.62. The zero-order valence-corrected chi connectivity index (χ0v) is 29.4. The summed E-state index contributed by atoms with van der Waals surface area (Å²) in [5.41, 5.74) is -2.65. The van der Waals surface area contributed by atoms with Gasteiger partial charge in [-0.15, -0.1) is 4.80 Å². The monoisotopic (exact) mass is 692 g/mol. The van der Waals surface area contributed by atoms with E-state index in [-0.39, 0.29) is 41.6 Å². The van der Waals surface area contributed by atoms with E-state index in [0.29, 0.717) is 16.3 Å². The SMILES string of the molecule is Cc1c(-n2nccn2)sc2c1c(=O)n(C(C)(C)C(=O)NC(C)C)c(=O)n2C[C@H](OCC(C)(C)O)c1cc(F)ccc1OCc1ccccc1. The van der Waals surface area contributed by atoms with E-state index < -0.39 is 40.2 Å². The number of ether oxygens (including phenoxy) is 2. The number of rotatable bonds is 13. The Kier molecular flexibility index (Phi) is 10.2. The molecule has 0 aliphatic carbocycles. The van der Waals surface area contributed by atoms with Gasteiger partial charge in [0.1, 0.15) is 39.6 Å². The summed E-state index contributed by atoms with van der Waals surface area (Å²) in [7, 11) is 0. The molecule has 49 heavy (non-hydrogen) atoms. The smallest absolute Gasteiger partial charge is 0.333 e. The highest BCUT2D eigenvalue weighted by Gasteiger charge is 2.36. The maximum absolute atomic E-state index is 15.0. The van der Waals surface area contributed by atoms with E-state index in [9.17, 15) is 23.9 Å². The molecule has 0 aliphatic rings. The highest BCUT2D eigenvalue weighted by Crippen LogP contribution is 2.35. The van der Waals surface area contributed by atoms with Crippen molar-refractivity contribution in [3.8, 4) is 10.8 Å². The van der Waals surface area contributed by atoms with E-state index in [2.05, 4.69) is 15.5 Å². The second-order valence-corrected chi connectivity index (χ2v) is 14.3. The summed E-state index contributed by atoms with van der Waals surface area (Å²) in [6, 6.07) is 13.2. The third kappa shape index (κ3) is 7.66. The fraction of sp³-hybridized carbons (Fsp3) is 0.400. The first-order valence-electron chi connectivity index (χ1n) is 15.9. The Morgan fingerprint density at radius 1 is 1.06 bits per heavy atom. The first-order chi connectivity index (χ1) is 23.1. The Bertz CT molecular complexity index is 2060. The van der Waals surface area contributed by atoms with Gasteiger partial charge in [-0.1, -0.05) is 41.7 Å². The summed E-state index contributed by atoms with van der Waals surface area (Å²) in [4.78, 5) is 44.0. The Labute approximate surface area is 286 Å². The van der Waals surface area contributed by atoms with E-state index in [1.54, 1.807) is 34.6 Å². The van der Waals surface area contributed by atoms with Crippen molar-refractivity contribution in [1.82, 2.24) is 29.4 Å². The molecule has 0 radical (unpaired) electrons. The minimum Gasteiger partial charge on any atom is -0.489 e. The van der Waals surface area contributed by atoms with Gasteiger partial charge in [0.15, 0.2) is 0 Å². The molecule has 5 rings (SSSR count). The Morgan fingerprint density at radius 3 is 2.37 bits per heavy atom. The molecule has 2 aromatic carbocycles. The lowest BCUT2D eigenvalue weighted by atomic mass is 10.0. The number of nitrogens with zero attached hydrogens (tertiary/aromatic N) is 5. The number of fused-ring (bicyclic) bond motifs is 1. The van der Waals surface area contributed by atoms with Crippen LogP contribution in [0.1, 0.15) is 64.3 Å². The number of aromatic nitrogens is 5. The van der Waals surface area contributed by atoms with Crippen LogP contribution in [0.25, 0.3) is 15.2 Å². The number of aliphatic hydroxyl groups is 1. The van der Waals surface area contributed by atoms with E-state index in [4.69, 9.17) is 9.47 Å².